The van der Waals surface area contributed by atoms with Crippen molar-refractivity contribution < 1.29 is 27.5 Å². The number of alkyl halides is 3. The molecular formula is C27H23F3N4O3S. The third-order valence-electron chi connectivity index (χ3n) is 5.26. The van der Waals surface area contributed by atoms with Gasteiger partial charge in [0.1, 0.15) is 11.4 Å². The van der Waals surface area contributed by atoms with Crippen molar-refractivity contribution in [3.8, 4) is 5.75 Å². The lowest BCUT2D eigenvalue weighted by Crippen LogP contribution is -2.31. The number of rotatable bonds is 7. The van der Waals surface area contributed by atoms with Crippen molar-refractivity contribution in [3.05, 3.63) is 90.1 Å². The van der Waals surface area contributed by atoms with Gasteiger partial charge in [-0.1, -0.05) is 42.1 Å². The summed E-state index contributed by atoms with van der Waals surface area (Å²) in [5.74, 6) is -1.21. The number of anilines is 3. The van der Waals surface area contributed by atoms with Crippen molar-refractivity contribution in [2.45, 2.75) is 6.36 Å². The third-order valence-corrected chi connectivity index (χ3v) is 6.20. The number of ether oxygens (including phenoxy) is 1. The number of hydrogen-bond donors (Lipinski definition) is 1. The SMILES string of the molecule is CN(C)c1ccc(/C=C2/N=C(SCC(=O)Nc3ccc(OC(F)(F)F)cc3)N(c3ccccc3)C2=O)cc1. The quantitative estimate of drug-likeness (QED) is 0.386. The van der Waals surface area contributed by atoms with Crippen LogP contribution in [0.1, 0.15) is 5.56 Å². The number of carbonyl (C=O) groups excluding carboxylic acids is 2. The molecule has 0 bridgehead atoms. The smallest absolute Gasteiger partial charge is 0.406 e. The Hall–Kier alpha value is -4.25. The number of amides is 2. The number of carbonyl (C=O) groups is 2. The molecule has 1 N–H and O–H groups in total. The minimum atomic E-state index is -4.80. The van der Waals surface area contributed by atoms with Gasteiger partial charge in [0.05, 0.1) is 11.4 Å². The average Bonchev–Trinajstić information content (AvgIpc) is 3.18. The number of thioether (sulfide) groups is 1. The molecular weight excluding hydrogens is 517 g/mol. The zero-order valence-corrected chi connectivity index (χ0v) is 21.2. The van der Waals surface area contributed by atoms with E-state index in [1.807, 2.05) is 49.3 Å². The third kappa shape index (κ3) is 6.94. The minimum absolute atomic E-state index is 0.0823. The van der Waals surface area contributed by atoms with Gasteiger partial charge in [0.2, 0.25) is 5.91 Å². The molecule has 1 aliphatic rings. The number of halogens is 3. The monoisotopic (exact) mass is 540 g/mol. The first-order valence-electron chi connectivity index (χ1n) is 11.3. The predicted molar refractivity (Wildman–Crippen MR) is 144 cm³/mol. The van der Waals surface area contributed by atoms with Crippen molar-refractivity contribution in [1.29, 1.82) is 0 Å². The molecule has 38 heavy (non-hydrogen) atoms. The van der Waals surface area contributed by atoms with Crippen molar-refractivity contribution in [1.82, 2.24) is 0 Å². The topological polar surface area (TPSA) is 74.2 Å². The molecule has 4 rings (SSSR count). The molecule has 0 atom stereocenters. The maximum atomic E-state index is 13.3. The van der Waals surface area contributed by atoms with Gasteiger partial charge in [0.15, 0.2) is 5.17 Å². The number of benzene rings is 3. The van der Waals surface area contributed by atoms with Crippen LogP contribution in [0.25, 0.3) is 6.08 Å². The highest BCUT2D eigenvalue weighted by molar-refractivity contribution is 8.14. The summed E-state index contributed by atoms with van der Waals surface area (Å²) in [5.41, 5.74) is 2.96. The molecule has 1 heterocycles. The molecule has 0 unspecified atom stereocenters. The molecule has 7 nitrogen and oxygen atoms in total. The number of nitrogens with one attached hydrogen (secondary N) is 1. The normalized spacial score (nSPS) is 14.4. The molecule has 1 aliphatic heterocycles. The highest BCUT2D eigenvalue weighted by atomic mass is 32.2. The van der Waals surface area contributed by atoms with Gasteiger partial charge in [-0.05, 0) is 60.2 Å². The summed E-state index contributed by atoms with van der Waals surface area (Å²) < 4.78 is 40.8. The van der Waals surface area contributed by atoms with Gasteiger partial charge in [0, 0.05) is 25.5 Å². The molecule has 0 aromatic heterocycles. The first kappa shape index (κ1) is 26.8. The van der Waals surface area contributed by atoms with E-state index in [4.69, 9.17) is 0 Å². The van der Waals surface area contributed by atoms with Crippen LogP contribution in [0.2, 0.25) is 0 Å². The Morgan fingerprint density at radius 2 is 1.68 bits per heavy atom. The summed E-state index contributed by atoms with van der Waals surface area (Å²) in [6.45, 7) is 0. The zero-order valence-electron chi connectivity index (χ0n) is 20.4. The number of nitrogens with zero attached hydrogens (tertiary/aromatic N) is 3. The van der Waals surface area contributed by atoms with Gasteiger partial charge < -0.3 is 15.0 Å². The molecule has 3 aromatic rings. The first-order chi connectivity index (χ1) is 18.1. The molecule has 0 fully saturated rings. The Labute approximate surface area is 221 Å². The molecule has 0 spiro atoms. The maximum absolute atomic E-state index is 13.3. The molecule has 0 saturated heterocycles. The first-order valence-corrected chi connectivity index (χ1v) is 12.3. The van der Waals surface area contributed by atoms with E-state index in [0.29, 0.717) is 16.5 Å². The van der Waals surface area contributed by atoms with E-state index in [9.17, 15) is 22.8 Å². The molecule has 0 radical (unpaired) electrons. The Balaban J connectivity index is 1.48. The van der Waals surface area contributed by atoms with Crippen LogP contribution in [-0.2, 0) is 9.59 Å². The number of para-hydroxylation sites is 1. The zero-order chi connectivity index (χ0) is 27.3. The van der Waals surface area contributed by atoms with E-state index in [0.717, 1.165) is 35.1 Å². The molecule has 11 heteroatoms. The van der Waals surface area contributed by atoms with Crippen LogP contribution in [0.3, 0.4) is 0 Å². The van der Waals surface area contributed by atoms with Crippen LogP contribution in [0.15, 0.2) is 89.6 Å². The number of aliphatic imine (C=N–C) groups is 1. The largest absolute Gasteiger partial charge is 0.573 e. The lowest BCUT2D eigenvalue weighted by molar-refractivity contribution is -0.274. The van der Waals surface area contributed by atoms with Gasteiger partial charge >= 0.3 is 6.36 Å². The second kappa shape index (κ2) is 11.4. The van der Waals surface area contributed by atoms with Crippen molar-refractivity contribution in [3.63, 3.8) is 0 Å². The Bertz CT molecular complexity index is 1360. The second-order valence-electron chi connectivity index (χ2n) is 8.30. The Morgan fingerprint density at radius 1 is 1.03 bits per heavy atom. The van der Waals surface area contributed by atoms with Gasteiger partial charge in [0.25, 0.3) is 5.91 Å². The molecule has 0 saturated carbocycles. The standard InChI is InChI=1S/C27H23F3N4O3S/c1-33(2)20-12-8-18(9-13-20)16-23-25(36)34(21-6-4-3-5-7-21)26(32-23)38-17-24(35)31-19-10-14-22(15-11-19)37-27(28,29)30/h3-16H,17H2,1-2H3,(H,31,35)/b23-16+. The Morgan fingerprint density at radius 3 is 2.29 bits per heavy atom. The van der Waals surface area contributed by atoms with Gasteiger partial charge in [-0.2, -0.15) is 0 Å². The lowest BCUT2D eigenvalue weighted by Gasteiger charge is -2.17. The minimum Gasteiger partial charge on any atom is -0.406 e. The summed E-state index contributed by atoms with van der Waals surface area (Å²) in [7, 11) is 3.88. The van der Waals surface area contributed by atoms with Crippen molar-refractivity contribution >= 4 is 51.9 Å². The highest BCUT2D eigenvalue weighted by Crippen LogP contribution is 2.30. The van der Waals surface area contributed by atoms with Crippen LogP contribution in [0.5, 0.6) is 5.75 Å². The average molecular weight is 541 g/mol. The van der Waals surface area contributed by atoms with Crippen molar-refractivity contribution in [2.75, 3.05) is 35.0 Å². The van der Waals surface area contributed by atoms with E-state index in [1.165, 1.54) is 17.0 Å². The number of hydrogen-bond acceptors (Lipinski definition) is 6. The summed E-state index contributed by atoms with van der Waals surface area (Å²) >= 11 is 1.07. The molecule has 0 aliphatic carbocycles. The fraction of sp³-hybridized carbons (Fsp3) is 0.148. The van der Waals surface area contributed by atoms with E-state index >= 15 is 0 Å². The molecule has 196 valence electrons. The van der Waals surface area contributed by atoms with E-state index in [-0.39, 0.29) is 17.4 Å². The lowest BCUT2D eigenvalue weighted by atomic mass is 10.1. The summed E-state index contributed by atoms with van der Waals surface area (Å²) in [5, 5.41) is 2.95. The fourth-order valence-electron chi connectivity index (χ4n) is 3.49. The Kier molecular flexibility index (Phi) is 8.06. The summed E-state index contributed by atoms with van der Waals surface area (Å²) in [6.07, 6.45) is -3.11. The van der Waals surface area contributed by atoms with Crippen LogP contribution in [0.4, 0.5) is 30.2 Å². The van der Waals surface area contributed by atoms with Crippen molar-refractivity contribution in [2.24, 2.45) is 4.99 Å². The van der Waals surface area contributed by atoms with Crippen LogP contribution >= 0.6 is 11.8 Å². The number of amidine groups is 1. The van der Waals surface area contributed by atoms with Gasteiger partial charge in [-0.3, -0.25) is 14.5 Å². The van der Waals surface area contributed by atoms with E-state index in [2.05, 4.69) is 15.0 Å². The van der Waals surface area contributed by atoms with Crippen LogP contribution in [-0.4, -0.2) is 43.2 Å². The van der Waals surface area contributed by atoms with E-state index in [1.54, 1.807) is 30.3 Å². The van der Waals surface area contributed by atoms with Gasteiger partial charge in [-0.15, -0.1) is 13.2 Å². The maximum Gasteiger partial charge on any atom is 0.573 e. The summed E-state index contributed by atoms with van der Waals surface area (Å²) in [4.78, 5) is 33.8. The second-order valence-corrected chi connectivity index (χ2v) is 9.24. The van der Waals surface area contributed by atoms with Crippen LogP contribution in [0, 0.1) is 0 Å². The predicted octanol–water partition coefficient (Wildman–Crippen LogP) is 5.77. The summed E-state index contributed by atoms with van der Waals surface area (Å²) in [6, 6.07) is 21.4. The van der Waals surface area contributed by atoms with E-state index < -0.39 is 18.0 Å². The van der Waals surface area contributed by atoms with Crippen LogP contribution < -0.4 is 19.9 Å². The molecule has 3 aromatic carbocycles. The molecule has 2 amide bonds. The highest BCUT2D eigenvalue weighted by Gasteiger charge is 2.32. The van der Waals surface area contributed by atoms with Gasteiger partial charge in [-0.25, -0.2) is 4.99 Å². The fourth-order valence-corrected chi connectivity index (χ4v) is 4.30.